The van der Waals surface area contributed by atoms with E-state index in [1.165, 1.54) is 23.1 Å². The second kappa shape index (κ2) is 8.36. The summed E-state index contributed by atoms with van der Waals surface area (Å²) in [7, 11) is 0. The molecule has 0 bridgehead atoms. The quantitative estimate of drug-likeness (QED) is 0.212. The molecule has 0 amide bonds. The molecular formula is C21H15ClN4OS3. The van der Waals surface area contributed by atoms with Gasteiger partial charge < -0.3 is 0 Å². The van der Waals surface area contributed by atoms with E-state index in [2.05, 4.69) is 6.07 Å². The van der Waals surface area contributed by atoms with E-state index in [4.69, 9.17) is 34.1 Å². The highest BCUT2D eigenvalue weighted by Crippen LogP contribution is 2.28. The number of hydrogen-bond acceptors (Lipinski definition) is 6. The standard InChI is InChI=1S/C21H15ClN4OS3/c1-12-3-5-14(6-4-12)26-19(27)17-18(24-20(26)29-10-9-23)25(21(28)30-17)15-7-8-16(22)13(2)11-15/h3-8,11H,10H2,1-2H3. The molecule has 150 valence electrons. The number of thiazole rings is 1. The van der Waals surface area contributed by atoms with Crippen LogP contribution in [0.3, 0.4) is 0 Å². The molecule has 0 radical (unpaired) electrons. The third-order valence-electron chi connectivity index (χ3n) is 4.53. The molecule has 0 aliphatic rings. The minimum Gasteiger partial charge on any atom is -0.275 e. The molecule has 0 saturated heterocycles. The Balaban J connectivity index is 2.04. The molecule has 9 heteroatoms. The lowest BCUT2D eigenvalue weighted by Crippen LogP contribution is -2.21. The summed E-state index contributed by atoms with van der Waals surface area (Å²) in [6.07, 6.45) is 0. The maximum Gasteiger partial charge on any atom is 0.278 e. The van der Waals surface area contributed by atoms with Gasteiger partial charge in [-0.3, -0.25) is 13.9 Å². The van der Waals surface area contributed by atoms with Crippen molar-refractivity contribution >= 4 is 57.3 Å². The zero-order chi connectivity index (χ0) is 21.4. The molecule has 30 heavy (non-hydrogen) atoms. The second-order valence-electron chi connectivity index (χ2n) is 6.61. The van der Waals surface area contributed by atoms with E-state index in [0.717, 1.165) is 16.8 Å². The monoisotopic (exact) mass is 470 g/mol. The Kier molecular flexibility index (Phi) is 5.80. The first-order chi connectivity index (χ1) is 14.4. The van der Waals surface area contributed by atoms with Gasteiger partial charge in [0.25, 0.3) is 5.56 Å². The van der Waals surface area contributed by atoms with Gasteiger partial charge in [-0.15, -0.1) is 0 Å². The van der Waals surface area contributed by atoms with Gasteiger partial charge in [-0.25, -0.2) is 4.98 Å². The van der Waals surface area contributed by atoms with E-state index in [9.17, 15) is 4.79 Å². The van der Waals surface area contributed by atoms with Crippen LogP contribution in [0, 0.1) is 29.1 Å². The molecule has 0 N–H and O–H groups in total. The average molecular weight is 471 g/mol. The van der Waals surface area contributed by atoms with Gasteiger partial charge in [-0.2, -0.15) is 5.26 Å². The van der Waals surface area contributed by atoms with Crippen molar-refractivity contribution in [2.45, 2.75) is 19.0 Å². The summed E-state index contributed by atoms with van der Waals surface area (Å²) in [5.74, 6) is 0.175. The van der Waals surface area contributed by atoms with E-state index >= 15 is 0 Å². The normalized spacial score (nSPS) is 11.0. The molecule has 0 saturated carbocycles. The first kappa shape index (κ1) is 20.8. The molecule has 5 nitrogen and oxygen atoms in total. The maximum absolute atomic E-state index is 13.5. The Labute approximate surface area is 191 Å². The van der Waals surface area contributed by atoms with Gasteiger partial charge in [0.1, 0.15) is 4.70 Å². The van der Waals surface area contributed by atoms with Crippen molar-refractivity contribution in [3.8, 4) is 17.4 Å². The van der Waals surface area contributed by atoms with Crippen molar-refractivity contribution in [3.05, 3.63) is 72.9 Å². The van der Waals surface area contributed by atoms with Crippen LogP contribution >= 0.6 is 46.9 Å². The van der Waals surface area contributed by atoms with Crippen molar-refractivity contribution in [2.24, 2.45) is 0 Å². The van der Waals surface area contributed by atoms with Crippen LogP contribution in [0.2, 0.25) is 5.02 Å². The van der Waals surface area contributed by atoms with Gasteiger partial charge in [0.15, 0.2) is 14.8 Å². The van der Waals surface area contributed by atoms with E-state index < -0.39 is 0 Å². The van der Waals surface area contributed by atoms with Crippen LogP contribution in [0.15, 0.2) is 52.4 Å². The summed E-state index contributed by atoms with van der Waals surface area (Å²) in [6.45, 7) is 3.90. The van der Waals surface area contributed by atoms with Crippen LogP contribution in [-0.2, 0) is 0 Å². The predicted molar refractivity (Wildman–Crippen MR) is 126 cm³/mol. The van der Waals surface area contributed by atoms with Crippen LogP contribution in [0.1, 0.15) is 11.1 Å². The highest BCUT2D eigenvalue weighted by Gasteiger charge is 2.19. The fourth-order valence-corrected chi connectivity index (χ4v) is 5.13. The Morgan fingerprint density at radius 2 is 1.87 bits per heavy atom. The average Bonchev–Trinajstić information content (AvgIpc) is 3.06. The summed E-state index contributed by atoms with van der Waals surface area (Å²) in [6, 6.07) is 15.3. The number of fused-ring (bicyclic) bond motifs is 1. The predicted octanol–water partition coefficient (Wildman–Crippen LogP) is 5.85. The van der Waals surface area contributed by atoms with Crippen LogP contribution < -0.4 is 5.56 Å². The summed E-state index contributed by atoms with van der Waals surface area (Å²) in [5, 5.41) is 10.2. The first-order valence-electron chi connectivity index (χ1n) is 8.92. The zero-order valence-corrected chi connectivity index (χ0v) is 19.3. The molecule has 0 fully saturated rings. The Morgan fingerprint density at radius 3 is 2.53 bits per heavy atom. The van der Waals surface area contributed by atoms with Gasteiger partial charge in [0.2, 0.25) is 0 Å². The fourth-order valence-electron chi connectivity index (χ4n) is 3.05. The number of hydrogen-bond donors (Lipinski definition) is 0. The van der Waals surface area contributed by atoms with Gasteiger partial charge in [0, 0.05) is 10.7 Å². The van der Waals surface area contributed by atoms with Crippen molar-refractivity contribution in [1.82, 2.24) is 14.1 Å². The third-order valence-corrected chi connectivity index (χ3v) is 7.12. The molecular weight excluding hydrogens is 456 g/mol. The SMILES string of the molecule is Cc1ccc(-n2c(SCC#N)nc3c(sc(=S)n3-c3ccc(Cl)c(C)c3)c2=O)cc1. The summed E-state index contributed by atoms with van der Waals surface area (Å²) in [5.41, 5.74) is 3.78. The van der Waals surface area contributed by atoms with Crippen LogP contribution in [0.5, 0.6) is 0 Å². The van der Waals surface area contributed by atoms with Crippen LogP contribution in [0.4, 0.5) is 0 Å². The maximum atomic E-state index is 13.5. The molecule has 4 aromatic rings. The van der Waals surface area contributed by atoms with Crippen molar-refractivity contribution in [1.29, 1.82) is 5.26 Å². The smallest absolute Gasteiger partial charge is 0.275 e. The number of nitriles is 1. The number of nitrogens with zero attached hydrogens (tertiary/aromatic N) is 4. The van der Waals surface area contributed by atoms with Gasteiger partial charge in [-0.05, 0) is 62.0 Å². The minimum absolute atomic E-state index is 0.175. The second-order valence-corrected chi connectivity index (χ2v) is 9.60. The minimum atomic E-state index is -0.204. The summed E-state index contributed by atoms with van der Waals surface area (Å²) in [4.78, 5) is 18.2. The molecule has 0 aliphatic carbocycles. The van der Waals surface area contributed by atoms with E-state index in [1.54, 1.807) is 15.2 Å². The van der Waals surface area contributed by atoms with Crippen molar-refractivity contribution < 1.29 is 0 Å². The largest absolute Gasteiger partial charge is 0.278 e. The first-order valence-corrected chi connectivity index (χ1v) is 11.5. The number of aryl methyl sites for hydroxylation is 2. The Hall–Kier alpha value is -2.44. The summed E-state index contributed by atoms with van der Waals surface area (Å²) >= 11 is 14.2. The number of aromatic nitrogens is 3. The number of halogens is 1. The Bertz CT molecular complexity index is 1430. The van der Waals surface area contributed by atoms with Crippen molar-refractivity contribution in [3.63, 3.8) is 0 Å². The molecule has 0 unspecified atom stereocenters. The van der Waals surface area contributed by atoms with Gasteiger partial charge in [0.05, 0.1) is 17.5 Å². The zero-order valence-electron chi connectivity index (χ0n) is 16.0. The molecule has 2 aromatic heterocycles. The molecule has 4 rings (SSSR count). The van der Waals surface area contributed by atoms with E-state index in [-0.39, 0.29) is 11.3 Å². The van der Waals surface area contributed by atoms with Crippen LogP contribution in [-0.4, -0.2) is 19.9 Å². The third kappa shape index (κ3) is 3.70. The lowest BCUT2D eigenvalue weighted by molar-refractivity contribution is 0.812. The summed E-state index contributed by atoms with van der Waals surface area (Å²) < 4.78 is 4.33. The topological polar surface area (TPSA) is 63.6 Å². The molecule has 2 heterocycles. The molecule has 2 aromatic carbocycles. The van der Waals surface area contributed by atoms with Gasteiger partial charge in [-0.1, -0.05) is 52.4 Å². The molecule has 0 spiro atoms. The number of rotatable bonds is 4. The number of thioether (sulfide) groups is 1. The highest BCUT2D eigenvalue weighted by atomic mass is 35.5. The lowest BCUT2D eigenvalue weighted by atomic mass is 10.2. The van der Waals surface area contributed by atoms with E-state index in [1.807, 2.05) is 50.2 Å². The molecule has 0 aliphatic heterocycles. The van der Waals surface area contributed by atoms with E-state index in [0.29, 0.717) is 30.2 Å². The fraction of sp³-hybridized carbons (Fsp3) is 0.143. The van der Waals surface area contributed by atoms with Crippen LogP contribution in [0.25, 0.3) is 21.7 Å². The lowest BCUT2D eigenvalue weighted by Gasteiger charge is -2.12. The van der Waals surface area contributed by atoms with Crippen molar-refractivity contribution in [2.75, 3.05) is 5.75 Å². The highest BCUT2D eigenvalue weighted by molar-refractivity contribution is 7.99. The number of benzene rings is 2. The molecule has 0 atom stereocenters. The van der Waals surface area contributed by atoms with Gasteiger partial charge >= 0.3 is 0 Å². The Morgan fingerprint density at radius 1 is 1.17 bits per heavy atom.